The van der Waals surface area contributed by atoms with Gasteiger partial charge >= 0.3 is 0 Å². The van der Waals surface area contributed by atoms with Gasteiger partial charge in [-0.1, -0.05) is 32.4 Å². The van der Waals surface area contributed by atoms with E-state index in [1.807, 2.05) is 12.1 Å². The first-order valence-corrected chi connectivity index (χ1v) is 8.16. The van der Waals surface area contributed by atoms with Crippen LogP contribution in [0.3, 0.4) is 0 Å². The second-order valence-electron chi connectivity index (χ2n) is 6.94. The molecule has 1 aliphatic carbocycles. The van der Waals surface area contributed by atoms with Crippen molar-refractivity contribution in [1.82, 2.24) is 4.90 Å². The zero-order valence-electron chi connectivity index (χ0n) is 12.8. The first-order chi connectivity index (χ1) is 9.64. The number of hydrogen-bond donors (Lipinski definition) is 1. The predicted molar refractivity (Wildman–Crippen MR) is 83.0 cm³/mol. The second kappa shape index (κ2) is 5.40. The maximum absolute atomic E-state index is 9.85. The molecule has 0 aromatic heterocycles. The Hall–Kier alpha value is -1.02. The van der Waals surface area contributed by atoms with E-state index in [-0.39, 0.29) is 5.41 Å². The molecule has 0 spiro atoms. The minimum absolute atomic E-state index is 0.238. The number of phenolic OH excluding ortho intramolecular Hbond substituents is 1. The molecule has 2 nitrogen and oxygen atoms in total. The van der Waals surface area contributed by atoms with Crippen LogP contribution in [-0.4, -0.2) is 29.6 Å². The summed E-state index contributed by atoms with van der Waals surface area (Å²) in [5.74, 6) is 2.03. The van der Waals surface area contributed by atoms with Crippen molar-refractivity contribution < 1.29 is 5.11 Å². The zero-order chi connectivity index (χ0) is 14.2. The van der Waals surface area contributed by atoms with Crippen LogP contribution in [0.1, 0.15) is 45.1 Å². The maximum atomic E-state index is 9.85. The van der Waals surface area contributed by atoms with Crippen molar-refractivity contribution in [2.45, 2.75) is 44.9 Å². The molecular weight excluding hydrogens is 246 g/mol. The van der Waals surface area contributed by atoms with Crippen LogP contribution >= 0.6 is 0 Å². The molecule has 1 aromatic carbocycles. The van der Waals surface area contributed by atoms with E-state index in [2.05, 4.69) is 24.8 Å². The molecule has 1 aromatic rings. The molecule has 0 bridgehead atoms. The summed E-state index contributed by atoms with van der Waals surface area (Å²) >= 11 is 0. The van der Waals surface area contributed by atoms with Gasteiger partial charge in [0.05, 0.1) is 0 Å². The topological polar surface area (TPSA) is 23.5 Å². The van der Waals surface area contributed by atoms with Gasteiger partial charge in [-0.05, 0) is 55.3 Å². The van der Waals surface area contributed by atoms with Crippen molar-refractivity contribution in [3.05, 3.63) is 29.8 Å². The van der Waals surface area contributed by atoms with E-state index in [1.54, 1.807) is 6.07 Å². The van der Waals surface area contributed by atoms with Crippen LogP contribution in [0.15, 0.2) is 24.3 Å². The molecule has 2 heteroatoms. The van der Waals surface area contributed by atoms with E-state index < -0.39 is 0 Å². The summed E-state index contributed by atoms with van der Waals surface area (Å²) in [7, 11) is 0. The Morgan fingerprint density at radius 1 is 1.40 bits per heavy atom. The lowest BCUT2D eigenvalue weighted by Crippen LogP contribution is -2.37. The van der Waals surface area contributed by atoms with E-state index in [9.17, 15) is 5.11 Å². The highest BCUT2D eigenvalue weighted by molar-refractivity contribution is 5.35. The molecule has 2 aliphatic rings. The van der Waals surface area contributed by atoms with Crippen molar-refractivity contribution in [3.63, 3.8) is 0 Å². The molecule has 2 fully saturated rings. The molecule has 110 valence electrons. The first-order valence-electron chi connectivity index (χ1n) is 8.16. The van der Waals surface area contributed by atoms with Crippen LogP contribution in [-0.2, 0) is 5.41 Å². The molecule has 20 heavy (non-hydrogen) atoms. The van der Waals surface area contributed by atoms with Crippen molar-refractivity contribution in [1.29, 1.82) is 0 Å². The van der Waals surface area contributed by atoms with Gasteiger partial charge in [0.25, 0.3) is 0 Å². The highest BCUT2D eigenvalue weighted by Crippen LogP contribution is 2.44. The van der Waals surface area contributed by atoms with Crippen LogP contribution in [0.2, 0.25) is 0 Å². The third-order valence-corrected chi connectivity index (χ3v) is 5.57. The van der Waals surface area contributed by atoms with Crippen LogP contribution in [0.4, 0.5) is 0 Å². The molecule has 1 N–H and O–H groups in total. The van der Waals surface area contributed by atoms with E-state index in [1.165, 1.54) is 50.9 Å². The smallest absolute Gasteiger partial charge is 0.115 e. The minimum atomic E-state index is 0.238. The van der Waals surface area contributed by atoms with Crippen LogP contribution in [0, 0.1) is 11.8 Å². The van der Waals surface area contributed by atoms with Gasteiger partial charge in [0, 0.05) is 18.5 Å². The van der Waals surface area contributed by atoms with Gasteiger partial charge in [0.1, 0.15) is 5.75 Å². The number of hydrogen-bond acceptors (Lipinski definition) is 2. The average molecular weight is 273 g/mol. The number of likely N-dealkylation sites (tertiary alicyclic amines) is 1. The Balaban J connectivity index is 1.85. The molecule has 1 saturated heterocycles. The summed E-state index contributed by atoms with van der Waals surface area (Å²) in [4.78, 5) is 2.66. The third kappa shape index (κ3) is 2.58. The summed E-state index contributed by atoms with van der Waals surface area (Å²) < 4.78 is 0. The molecule has 0 amide bonds. The van der Waals surface area contributed by atoms with Gasteiger partial charge < -0.3 is 10.0 Å². The van der Waals surface area contributed by atoms with Crippen molar-refractivity contribution in [2.24, 2.45) is 11.8 Å². The zero-order valence-corrected chi connectivity index (χ0v) is 12.8. The number of aromatic hydroxyl groups is 1. The van der Waals surface area contributed by atoms with Crippen molar-refractivity contribution >= 4 is 0 Å². The summed E-state index contributed by atoms with van der Waals surface area (Å²) in [6, 6.07) is 7.99. The Bertz CT molecular complexity index is 468. The number of phenols is 1. The SMILES string of the molecule is CC[C@@H](C)[C@]1(c2cccc(O)c2)CCN(CC2CC2)C1. The van der Waals surface area contributed by atoms with Crippen LogP contribution < -0.4 is 0 Å². The Kier molecular flexibility index (Phi) is 3.76. The van der Waals surface area contributed by atoms with E-state index in [0.717, 1.165) is 5.92 Å². The highest BCUT2D eigenvalue weighted by atomic mass is 16.3. The Morgan fingerprint density at radius 2 is 2.20 bits per heavy atom. The molecule has 1 aliphatic heterocycles. The summed E-state index contributed by atoms with van der Waals surface area (Å²) in [6.45, 7) is 8.35. The standard InChI is InChI=1S/C18H27NO/c1-3-14(2)18(16-5-4-6-17(20)11-16)9-10-19(13-18)12-15-7-8-15/h4-6,11,14-15,20H,3,7-10,12-13H2,1-2H3/t14-,18+/m1/s1. The molecular formula is C18H27NO. The molecule has 3 rings (SSSR count). The van der Waals surface area contributed by atoms with Gasteiger partial charge in [-0.3, -0.25) is 0 Å². The van der Waals surface area contributed by atoms with Crippen LogP contribution in [0.25, 0.3) is 0 Å². The third-order valence-electron chi connectivity index (χ3n) is 5.57. The monoisotopic (exact) mass is 273 g/mol. The first kappa shape index (κ1) is 13.9. The number of nitrogens with zero attached hydrogens (tertiary/aromatic N) is 1. The minimum Gasteiger partial charge on any atom is -0.508 e. The predicted octanol–water partition coefficient (Wildman–Crippen LogP) is 3.79. The number of rotatable bonds is 5. The van der Waals surface area contributed by atoms with Gasteiger partial charge in [-0.15, -0.1) is 0 Å². The highest BCUT2D eigenvalue weighted by Gasteiger charge is 2.44. The van der Waals surface area contributed by atoms with Gasteiger partial charge in [-0.25, -0.2) is 0 Å². The fourth-order valence-corrected chi connectivity index (χ4v) is 3.86. The van der Waals surface area contributed by atoms with E-state index >= 15 is 0 Å². The number of benzene rings is 1. The normalized spacial score (nSPS) is 28.7. The molecule has 2 atom stereocenters. The van der Waals surface area contributed by atoms with Crippen molar-refractivity contribution in [3.8, 4) is 5.75 Å². The Labute approximate surface area is 122 Å². The Morgan fingerprint density at radius 3 is 2.85 bits per heavy atom. The van der Waals surface area contributed by atoms with Gasteiger partial charge in [-0.2, -0.15) is 0 Å². The lowest BCUT2D eigenvalue weighted by Gasteiger charge is -2.36. The summed E-state index contributed by atoms with van der Waals surface area (Å²) in [5, 5.41) is 9.85. The van der Waals surface area contributed by atoms with E-state index in [0.29, 0.717) is 11.7 Å². The lowest BCUT2D eigenvalue weighted by atomic mass is 9.69. The quantitative estimate of drug-likeness (QED) is 0.882. The summed E-state index contributed by atoms with van der Waals surface area (Å²) in [6.07, 6.45) is 5.29. The van der Waals surface area contributed by atoms with E-state index in [4.69, 9.17) is 0 Å². The van der Waals surface area contributed by atoms with Gasteiger partial charge in [0.15, 0.2) is 0 Å². The average Bonchev–Trinajstić information content (AvgIpc) is 3.15. The fourth-order valence-electron chi connectivity index (χ4n) is 3.86. The maximum Gasteiger partial charge on any atom is 0.115 e. The molecule has 1 heterocycles. The van der Waals surface area contributed by atoms with Gasteiger partial charge in [0.2, 0.25) is 0 Å². The molecule has 1 saturated carbocycles. The van der Waals surface area contributed by atoms with Crippen LogP contribution in [0.5, 0.6) is 5.75 Å². The second-order valence-corrected chi connectivity index (χ2v) is 6.94. The molecule has 0 radical (unpaired) electrons. The summed E-state index contributed by atoms with van der Waals surface area (Å²) in [5.41, 5.74) is 1.58. The fraction of sp³-hybridized carbons (Fsp3) is 0.667. The largest absolute Gasteiger partial charge is 0.508 e. The lowest BCUT2D eigenvalue weighted by molar-refractivity contribution is 0.247. The van der Waals surface area contributed by atoms with Crippen molar-refractivity contribution in [2.75, 3.05) is 19.6 Å². The molecule has 0 unspecified atom stereocenters.